The van der Waals surface area contributed by atoms with Crippen molar-refractivity contribution < 1.29 is 0 Å². The number of hydrogen-bond acceptors (Lipinski definition) is 3. The molecule has 0 bridgehead atoms. The molecule has 0 spiro atoms. The van der Waals surface area contributed by atoms with Crippen molar-refractivity contribution in [2.24, 2.45) is 0 Å². The summed E-state index contributed by atoms with van der Waals surface area (Å²) >= 11 is 3.71. The SMILES string of the molecule is Cc1nsc2ccc(I)nc12. The van der Waals surface area contributed by atoms with Crippen LogP contribution in [-0.2, 0) is 0 Å². The van der Waals surface area contributed by atoms with Gasteiger partial charge in [0, 0.05) is 0 Å². The van der Waals surface area contributed by atoms with Crippen LogP contribution in [-0.4, -0.2) is 9.36 Å². The molecule has 0 saturated heterocycles. The van der Waals surface area contributed by atoms with Gasteiger partial charge in [0.25, 0.3) is 0 Å². The topological polar surface area (TPSA) is 25.8 Å². The van der Waals surface area contributed by atoms with Crippen molar-refractivity contribution in [1.29, 1.82) is 0 Å². The van der Waals surface area contributed by atoms with Crippen molar-refractivity contribution in [2.75, 3.05) is 0 Å². The van der Waals surface area contributed by atoms with Crippen LogP contribution in [0.5, 0.6) is 0 Å². The summed E-state index contributed by atoms with van der Waals surface area (Å²) in [4.78, 5) is 4.37. The second-order valence-electron chi connectivity index (χ2n) is 2.25. The first-order valence-electron chi connectivity index (χ1n) is 3.16. The van der Waals surface area contributed by atoms with E-state index in [0.29, 0.717) is 0 Å². The molecule has 0 aliphatic heterocycles. The molecule has 2 aromatic rings. The molecule has 0 amide bonds. The first kappa shape index (κ1) is 7.42. The van der Waals surface area contributed by atoms with Gasteiger partial charge in [-0.3, -0.25) is 0 Å². The van der Waals surface area contributed by atoms with Gasteiger partial charge in [-0.1, -0.05) is 0 Å². The van der Waals surface area contributed by atoms with Crippen LogP contribution in [0.3, 0.4) is 0 Å². The van der Waals surface area contributed by atoms with Gasteiger partial charge in [0.2, 0.25) is 0 Å². The molecule has 0 aliphatic rings. The average Bonchev–Trinajstić information content (AvgIpc) is 2.33. The first-order chi connectivity index (χ1) is 5.27. The maximum absolute atomic E-state index is 4.37. The number of pyridine rings is 1. The quantitative estimate of drug-likeness (QED) is 0.546. The van der Waals surface area contributed by atoms with E-state index in [1.807, 2.05) is 13.0 Å². The first-order valence-corrected chi connectivity index (χ1v) is 5.01. The standard InChI is InChI=1S/C7H5IN2S/c1-4-7-5(11-10-4)2-3-6(8)9-7/h2-3H,1H3. The molecule has 0 aliphatic carbocycles. The lowest BCUT2D eigenvalue weighted by Gasteiger charge is -1.89. The molecule has 4 heteroatoms. The van der Waals surface area contributed by atoms with Gasteiger partial charge in [0.1, 0.15) is 9.22 Å². The number of hydrogen-bond donors (Lipinski definition) is 0. The van der Waals surface area contributed by atoms with Crippen LogP contribution >= 0.6 is 34.1 Å². The Kier molecular flexibility index (Phi) is 1.80. The predicted molar refractivity (Wildman–Crippen MR) is 54.9 cm³/mol. The van der Waals surface area contributed by atoms with Crippen molar-refractivity contribution in [1.82, 2.24) is 9.36 Å². The minimum absolute atomic E-state index is 1.03. The Morgan fingerprint density at radius 2 is 2.27 bits per heavy atom. The summed E-state index contributed by atoms with van der Waals surface area (Å²) in [7, 11) is 0. The highest BCUT2D eigenvalue weighted by molar-refractivity contribution is 14.1. The molecule has 0 fully saturated rings. The summed E-state index contributed by atoms with van der Waals surface area (Å²) in [5.74, 6) is 0. The largest absolute Gasteiger partial charge is 0.239 e. The molecular formula is C7H5IN2S. The highest BCUT2D eigenvalue weighted by atomic mass is 127. The van der Waals surface area contributed by atoms with Crippen molar-refractivity contribution in [3.8, 4) is 0 Å². The monoisotopic (exact) mass is 276 g/mol. The van der Waals surface area contributed by atoms with E-state index in [4.69, 9.17) is 0 Å². The molecule has 0 atom stereocenters. The van der Waals surface area contributed by atoms with Gasteiger partial charge in [-0.15, -0.1) is 0 Å². The van der Waals surface area contributed by atoms with E-state index in [0.717, 1.165) is 14.9 Å². The zero-order valence-corrected chi connectivity index (χ0v) is 8.81. The van der Waals surface area contributed by atoms with Crippen LogP contribution in [0, 0.1) is 10.6 Å². The maximum Gasteiger partial charge on any atom is 0.105 e. The summed E-state index contributed by atoms with van der Waals surface area (Å²) in [6.07, 6.45) is 0. The van der Waals surface area contributed by atoms with Crippen LogP contribution in [0.2, 0.25) is 0 Å². The summed E-state index contributed by atoms with van der Waals surface area (Å²) in [5.41, 5.74) is 2.07. The normalized spacial score (nSPS) is 10.7. The molecule has 2 heterocycles. The summed E-state index contributed by atoms with van der Waals surface area (Å²) in [6.45, 7) is 1.99. The Balaban J connectivity index is 2.87. The number of fused-ring (bicyclic) bond motifs is 1. The molecule has 56 valence electrons. The summed E-state index contributed by atoms with van der Waals surface area (Å²) in [5, 5.41) is 0. The fraction of sp³-hybridized carbons (Fsp3) is 0.143. The average molecular weight is 276 g/mol. The Labute approximate surface area is 82.0 Å². The molecule has 11 heavy (non-hydrogen) atoms. The number of aryl methyl sites for hydroxylation is 1. The molecular weight excluding hydrogens is 271 g/mol. The van der Waals surface area contributed by atoms with Crippen LogP contribution in [0.4, 0.5) is 0 Å². The number of nitrogens with zero attached hydrogens (tertiary/aromatic N) is 2. The van der Waals surface area contributed by atoms with E-state index < -0.39 is 0 Å². The zero-order valence-electron chi connectivity index (χ0n) is 5.84. The van der Waals surface area contributed by atoms with Crippen LogP contribution < -0.4 is 0 Å². The summed E-state index contributed by atoms with van der Waals surface area (Å²) in [6, 6.07) is 4.06. The van der Waals surface area contributed by atoms with Crippen molar-refractivity contribution in [3.05, 3.63) is 21.5 Å². The van der Waals surface area contributed by atoms with Gasteiger partial charge in [-0.25, -0.2) is 4.98 Å². The van der Waals surface area contributed by atoms with Crippen molar-refractivity contribution >= 4 is 44.3 Å². The highest BCUT2D eigenvalue weighted by Crippen LogP contribution is 2.20. The second-order valence-corrected chi connectivity index (χ2v) is 4.16. The third-order valence-corrected chi connectivity index (χ3v) is 2.94. The van der Waals surface area contributed by atoms with Gasteiger partial charge in [-0.2, -0.15) is 4.37 Å². The van der Waals surface area contributed by atoms with E-state index in [-0.39, 0.29) is 0 Å². The molecule has 2 aromatic heterocycles. The maximum atomic E-state index is 4.37. The number of rotatable bonds is 0. The zero-order chi connectivity index (χ0) is 7.84. The van der Waals surface area contributed by atoms with E-state index >= 15 is 0 Å². The third kappa shape index (κ3) is 1.24. The van der Waals surface area contributed by atoms with E-state index in [1.54, 1.807) is 0 Å². The summed E-state index contributed by atoms with van der Waals surface area (Å²) < 4.78 is 6.41. The molecule has 0 saturated carbocycles. The van der Waals surface area contributed by atoms with E-state index in [2.05, 4.69) is 38.0 Å². The molecule has 0 unspecified atom stereocenters. The fourth-order valence-electron chi connectivity index (χ4n) is 0.916. The van der Waals surface area contributed by atoms with E-state index in [1.165, 1.54) is 16.2 Å². The molecule has 0 radical (unpaired) electrons. The minimum atomic E-state index is 1.03. The highest BCUT2D eigenvalue weighted by Gasteiger charge is 2.02. The van der Waals surface area contributed by atoms with Gasteiger partial charge in [0.05, 0.1) is 10.4 Å². The van der Waals surface area contributed by atoms with Gasteiger partial charge < -0.3 is 0 Å². The lowest BCUT2D eigenvalue weighted by atomic mass is 10.3. The Morgan fingerprint density at radius 3 is 3.09 bits per heavy atom. The van der Waals surface area contributed by atoms with Crippen LogP contribution in [0.15, 0.2) is 12.1 Å². The molecule has 0 N–H and O–H groups in total. The Morgan fingerprint density at radius 1 is 1.45 bits per heavy atom. The lowest BCUT2D eigenvalue weighted by molar-refractivity contribution is 1.29. The number of halogens is 1. The second kappa shape index (κ2) is 2.67. The van der Waals surface area contributed by atoms with Gasteiger partial charge in [0.15, 0.2) is 0 Å². The minimum Gasteiger partial charge on any atom is -0.239 e. The Bertz CT molecular complexity index is 396. The van der Waals surface area contributed by atoms with Crippen LogP contribution in [0.25, 0.3) is 10.2 Å². The molecule has 2 rings (SSSR count). The lowest BCUT2D eigenvalue weighted by Crippen LogP contribution is -1.80. The van der Waals surface area contributed by atoms with Crippen molar-refractivity contribution in [3.63, 3.8) is 0 Å². The Hall–Kier alpha value is -0.230. The van der Waals surface area contributed by atoms with Crippen LogP contribution in [0.1, 0.15) is 5.69 Å². The number of aromatic nitrogens is 2. The van der Waals surface area contributed by atoms with Gasteiger partial charge >= 0.3 is 0 Å². The van der Waals surface area contributed by atoms with Gasteiger partial charge in [-0.05, 0) is 53.2 Å². The smallest absolute Gasteiger partial charge is 0.105 e. The van der Waals surface area contributed by atoms with Crippen molar-refractivity contribution in [2.45, 2.75) is 6.92 Å². The predicted octanol–water partition coefficient (Wildman–Crippen LogP) is 2.60. The fourth-order valence-corrected chi connectivity index (χ4v) is 2.07. The molecule has 2 nitrogen and oxygen atoms in total. The third-order valence-electron chi connectivity index (χ3n) is 1.45. The van der Waals surface area contributed by atoms with E-state index in [9.17, 15) is 0 Å². The molecule has 0 aromatic carbocycles.